The van der Waals surface area contributed by atoms with E-state index in [4.69, 9.17) is 4.74 Å². The van der Waals surface area contributed by atoms with E-state index >= 15 is 0 Å². The number of hydrogen-bond donors (Lipinski definition) is 0. The van der Waals surface area contributed by atoms with Crippen molar-refractivity contribution in [1.82, 2.24) is 9.88 Å². The normalized spacial score (nSPS) is 10.5. The second-order valence-electron chi connectivity index (χ2n) is 6.23. The molecule has 7 heteroatoms. The van der Waals surface area contributed by atoms with Crippen LogP contribution in [0.15, 0.2) is 70.4 Å². The van der Waals surface area contributed by atoms with Gasteiger partial charge in [-0.05, 0) is 24.6 Å². The lowest BCUT2D eigenvalue weighted by Gasteiger charge is -2.21. The van der Waals surface area contributed by atoms with Gasteiger partial charge in [-0.3, -0.25) is 4.79 Å². The SMILES string of the molecule is CCN(Cc1ccccc1)C(=O)COC(=O)c1ccccc1SCc1cscn1. The lowest BCUT2D eigenvalue weighted by molar-refractivity contribution is -0.134. The minimum atomic E-state index is -0.490. The molecule has 5 nitrogen and oxygen atoms in total. The van der Waals surface area contributed by atoms with Gasteiger partial charge in [-0.1, -0.05) is 42.5 Å². The Morgan fingerprint density at radius 1 is 1.10 bits per heavy atom. The third-order valence-electron chi connectivity index (χ3n) is 4.24. The standard InChI is InChI=1S/C22H22N2O3S2/c1-2-24(12-17-8-4-3-5-9-17)21(25)13-27-22(26)19-10-6-7-11-20(19)29-15-18-14-28-16-23-18/h3-11,14,16H,2,12-13,15H2,1H3. The van der Waals surface area contributed by atoms with Crippen LogP contribution in [-0.2, 0) is 21.8 Å². The van der Waals surface area contributed by atoms with Gasteiger partial charge >= 0.3 is 5.97 Å². The molecule has 2 aromatic carbocycles. The number of amides is 1. The predicted molar refractivity (Wildman–Crippen MR) is 116 cm³/mol. The largest absolute Gasteiger partial charge is 0.452 e. The average Bonchev–Trinajstić information content (AvgIpc) is 3.28. The summed E-state index contributed by atoms with van der Waals surface area (Å²) in [6.45, 7) is 2.68. The van der Waals surface area contributed by atoms with Crippen molar-refractivity contribution >= 4 is 35.0 Å². The van der Waals surface area contributed by atoms with Gasteiger partial charge in [-0.25, -0.2) is 9.78 Å². The van der Waals surface area contributed by atoms with Crippen LogP contribution in [0.4, 0.5) is 0 Å². The Bertz CT molecular complexity index is 930. The monoisotopic (exact) mass is 426 g/mol. The molecule has 29 heavy (non-hydrogen) atoms. The zero-order chi connectivity index (χ0) is 20.5. The van der Waals surface area contributed by atoms with Crippen LogP contribution in [0.25, 0.3) is 0 Å². The van der Waals surface area contributed by atoms with Crippen molar-refractivity contribution in [2.45, 2.75) is 24.1 Å². The smallest absolute Gasteiger partial charge is 0.339 e. The first-order valence-corrected chi connectivity index (χ1v) is 11.2. The molecule has 1 heterocycles. The molecule has 3 rings (SSSR count). The van der Waals surface area contributed by atoms with Crippen LogP contribution in [0.1, 0.15) is 28.5 Å². The predicted octanol–water partition coefficient (Wildman–Crippen LogP) is 4.64. The number of hydrogen-bond acceptors (Lipinski definition) is 6. The highest BCUT2D eigenvalue weighted by Crippen LogP contribution is 2.26. The summed E-state index contributed by atoms with van der Waals surface area (Å²) in [7, 11) is 0. The number of likely N-dealkylation sites (N-methyl/N-ethyl adjacent to an activating group) is 1. The van der Waals surface area contributed by atoms with Crippen LogP contribution >= 0.6 is 23.1 Å². The second kappa shape index (κ2) is 10.8. The first kappa shape index (κ1) is 21.1. The van der Waals surface area contributed by atoms with E-state index in [0.717, 1.165) is 16.2 Å². The van der Waals surface area contributed by atoms with Crippen LogP contribution < -0.4 is 0 Å². The Balaban J connectivity index is 1.57. The number of thioether (sulfide) groups is 1. The van der Waals surface area contributed by atoms with E-state index in [9.17, 15) is 9.59 Å². The number of thiazole rings is 1. The minimum absolute atomic E-state index is 0.211. The minimum Gasteiger partial charge on any atom is -0.452 e. The Morgan fingerprint density at radius 2 is 1.86 bits per heavy atom. The molecule has 0 aliphatic carbocycles. The molecule has 0 N–H and O–H groups in total. The van der Waals surface area contributed by atoms with Crippen LogP contribution in [0, 0.1) is 0 Å². The maximum atomic E-state index is 12.6. The van der Waals surface area contributed by atoms with Crippen LogP contribution in [0.5, 0.6) is 0 Å². The quantitative estimate of drug-likeness (QED) is 0.368. The third kappa shape index (κ3) is 6.17. The van der Waals surface area contributed by atoms with E-state index in [-0.39, 0.29) is 12.5 Å². The van der Waals surface area contributed by atoms with Gasteiger partial charge in [0.2, 0.25) is 0 Å². The zero-order valence-corrected chi connectivity index (χ0v) is 17.7. The average molecular weight is 427 g/mol. The summed E-state index contributed by atoms with van der Waals surface area (Å²) in [5.74, 6) is -0.0271. The molecule has 0 spiro atoms. The number of rotatable bonds is 9. The number of carbonyl (C=O) groups excluding carboxylic acids is 2. The van der Waals surface area contributed by atoms with Crippen LogP contribution in [-0.4, -0.2) is 34.9 Å². The summed E-state index contributed by atoms with van der Waals surface area (Å²) in [5.41, 5.74) is 4.26. The second-order valence-corrected chi connectivity index (χ2v) is 7.97. The molecule has 1 aromatic heterocycles. The highest BCUT2D eigenvalue weighted by molar-refractivity contribution is 7.98. The van der Waals surface area contributed by atoms with Gasteiger partial charge in [0.05, 0.1) is 16.8 Å². The number of esters is 1. The Labute approximate surface area is 178 Å². The van der Waals surface area contributed by atoms with E-state index in [2.05, 4.69) is 4.98 Å². The first-order valence-electron chi connectivity index (χ1n) is 9.25. The molecule has 3 aromatic rings. The summed E-state index contributed by atoms with van der Waals surface area (Å²) < 4.78 is 5.33. The Morgan fingerprint density at radius 3 is 2.59 bits per heavy atom. The number of aromatic nitrogens is 1. The van der Waals surface area contributed by atoms with E-state index in [1.54, 1.807) is 33.9 Å². The van der Waals surface area contributed by atoms with Gasteiger partial charge < -0.3 is 9.64 Å². The summed E-state index contributed by atoms with van der Waals surface area (Å²) >= 11 is 3.07. The van der Waals surface area contributed by atoms with Gasteiger partial charge in [0.15, 0.2) is 6.61 Å². The number of ether oxygens (including phenoxy) is 1. The Hall–Kier alpha value is -2.64. The zero-order valence-electron chi connectivity index (χ0n) is 16.1. The van der Waals surface area contributed by atoms with Gasteiger partial charge in [-0.15, -0.1) is 23.1 Å². The van der Waals surface area contributed by atoms with E-state index < -0.39 is 5.97 Å². The molecular weight excluding hydrogens is 404 g/mol. The number of benzene rings is 2. The number of carbonyl (C=O) groups is 2. The van der Waals surface area contributed by atoms with Gasteiger partial charge in [0, 0.05) is 29.1 Å². The van der Waals surface area contributed by atoms with Gasteiger partial charge in [0.1, 0.15) is 0 Å². The van der Waals surface area contributed by atoms with Gasteiger partial charge in [-0.2, -0.15) is 0 Å². The molecular formula is C22H22N2O3S2. The fraction of sp³-hybridized carbons (Fsp3) is 0.227. The maximum absolute atomic E-state index is 12.6. The molecule has 150 valence electrons. The maximum Gasteiger partial charge on any atom is 0.339 e. The van der Waals surface area contributed by atoms with Crippen LogP contribution in [0.3, 0.4) is 0 Å². The fourth-order valence-electron chi connectivity index (χ4n) is 2.70. The molecule has 0 radical (unpaired) electrons. The van der Waals surface area contributed by atoms with Crippen molar-refractivity contribution in [3.8, 4) is 0 Å². The molecule has 0 aliphatic heterocycles. The number of nitrogens with zero attached hydrogens (tertiary/aromatic N) is 2. The van der Waals surface area contributed by atoms with Crippen molar-refractivity contribution in [3.05, 3.63) is 82.3 Å². The first-order chi connectivity index (χ1) is 14.2. The van der Waals surface area contributed by atoms with Crippen molar-refractivity contribution in [2.75, 3.05) is 13.2 Å². The Kier molecular flexibility index (Phi) is 7.84. The van der Waals surface area contributed by atoms with Crippen molar-refractivity contribution in [1.29, 1.82) is 0 Å². The summed E-state index contributed by atoms with van der Waals surface area (Å²) in [6.07, 6.45) is 0. The van der Waals surface area contributed by atoms with E-state index in [1.807, 2.05) is 54.8 Å². The molecule has 1 amide bonds. The van der Waals surface area contributed by atoms with Crippen molar-refractivity contribution in [2.24, 2.45) is 0 Å². The molecule has 0 unspecified atom stereocenters. The molecule has 0 aliphatic rings. The summed E-state index contributed by atoms with van der Waals surface area (Å²) in [4.78, 5) is 31.8. The molecule has 0 saturated heterocycles. The van der Waals surface area contributed by atoms with Crippen molar-refractivity contribution < 1.29 is 14.3 Å². The molecule has 0 bridgehead atoms. The topological polar surface area (TPSA) is 59.5 Å². The van der Waals surface area contributed by atoms with E-state index in [1.165, 1.54) is 11.8 Å². The van der Waals surface area contributed by atoms with Gasteiger partial charge in [0.25, 0.3) is 5.91 Å². The highest BCUT2D eigenvalue weighted by atomic mass is 32.2. The molecule has 0 fully saturated rings. The lowest BCUT2D eigenvalue weighted by atomic mass is 10.2. The highest BCUT2D eigenvalue weighted by Gasteiger charge is 2.18. The molecule has 0 atom stereocenters. The summed E-state index contributed by atoms with van der Waals surface area (Å²) in [6, 6.07) is 17.0. The molecule has 0 saturated carbocycles. The summed E-state index contributed by atoms with van der Waals surface area (Å²) in [5, 5.41) is 1.98. The van der Waals surface area contributed by atoms with E-state index in [0.29, 0.717) is 24.4 Å². The third-order valence-corrected chi connectivity index (χ3v) is 5.99. The lowest BCUT2D eigenvalue weighted by Crippen LogP contribution is -2.34. The van der Waals surface area contributed by atoms with Crippen molar-refractivity contribution in [3.63, 3.8) is 0 Å². The fourth-order valence-corrected chi connectivity index (χ4v) is 4.30. The van der Waals surface area contributed by atoms with Crippen LogP contribution in [0.2, 0.25) is 0 Å².